The van der Waals surface area contributed by atoms with E-state index in [0.717, 1.165) is 32.1 Å². The Bertz CT molecular complexity index is 998. The highest BCUT2D eigenvalue weighted by Crippen LogP contribution is 2.33. The van der Waals surface area contributed by atoms with Gasteiger partial charge in [0.2, 0.25) is 17.6 Å². The Morgan fingerprint density at radius 1 is 0.881 bits per heavy atom. The number of likely N-dealkylation sites (tertiary alicyclic amines) is 1. The predicted octanol–water partition coefficient (Wildman–Crippen LogP) is 2.84. The van der Waals surface area contributed by atoms with Gasteiger partial charge in [-0.3, -0.25) is 24.0 Å². The van der Waals surface area contributed by atoms with Crippen molar-refractivity contribution in [2.24, 2.45) is 28.9 Å². The third-order valence-electron chi connectivity index (χ3n) is 8.14. The Morgan fingerprint density at radius 2 is 1.48 bits per heavy atom. The van der Waals surface area contributed by atoms with E-state index in [0.29, 0.717) is 25.8 Å². The largest absolute Gasteiger partial charge is 0.363 e. The molecule has 0 bridgehead atoms. The fourth-order valence-corrected chi connectivity index (χ4v) is 5.35. The summed E-state index contributed by atoms with van der Waals surface area (Å²) < 4.78 is 0. The highest BCUT2D eigenvalue weighted by atomic mass is 16.2. The predicted molar refractivity (Wildman–Crippen MR) is 160 cm³/mol. The molecule has 0 aromatic carbocycles. The minimum absolute atomic E-state index is 0.0111. The number of hydrogen-bond donors (Lipinski definition) is 4. The number of rotatable bonds is 12. The lowest BCUT2D eigenvalue weighted by Crippen LogP contribution is -2.61. The van der Waals surface area contributed by atoms with E-state index in [-0.39, 0.29) is 23.5 Å². The summed E-state index contributed by atoms with van der Waals surface area (Å²) in [4.78, 5) is 78.2. The third kappa shape index (κ3) is 9.80. The van der Waals surface area contributed by atoms with E-state index in [1.807, 2.05) is 34.6 Å². The van der Waals surface area contributed by atoms with Crippen molar-refractivity contribution in [2.45, 2.75) is 130 Å². The van der Waals surface area contributed by atoms with Gasteiger partial charge in [-0.25, -0.2) is 4.79 Å². The second-order valence-electron chi connectivity index (χ2n) is 13.5. The fourth-order valence-electron chi connectivity index (χ4n) is 5.35. The number of carbonyl (C=O) groups is 6. The van der Waals surface area contributed by atoms with Crippen LogP contribution in [-0.4, -0.2) is 70.9 Å². The Morgan fingerprint density at radius 3 is 1.93 bits per heavy atom. The first-order valence-corrected chi connectivity index (χ1v) is 15.7. The number of primary amides is 1. The van der Waals surface area contributed by atoms with E-state index in [1.165, 1.54) is 11.3 Å². The van der Waals surface area contributed by atoms with Gasteiger partial charge in [0.05, 0.1) is 12.1 Å². The van der Waals surface area contributed by atoms with E-state index in [4.69, 9.17) is 5.73 Å². The third-order valence-corrected chi connectivity index (χ3v) is 8.14. The van der Waals surface area contributed by atoms with Crippen molar-refractivity contribution in [3.8, 4) is 0 Å². The van der Waals surface area contributed by atoms with Crippen LogP contribution in [0.5, 0.6) is 0 Å². The normalized spacial score (nSPS) is 20.8. The summed E-state index contributed by atoms with van der Waals surface area (Å²) in [5.41, 5.74) is 4.54. The van der Waals surface area contributed by atoms with Gasteiger partial charge in [-0.2, -0.15) is 0 Å². The monoisotopic (exact) mass is 591 g/mol. The second kappa shape index (κ2) is 15.5. The highest BCUT2D eigenvalue weighted by Gasteiger charge is 2.44. The Kier molecular flexibility index (Phi) is 13.0. The van der Waals surface area contributed by atoms with Gasteiger partial charge in [0.1, 0.15) is 12.1 Å². The molecule has 3 rings (SSSR count). The molecule has 3 aliphatic rings. The molecule has 2 saturated carbocycles. The molecular weight excluding hydrogens is 538 g/mol. The zero-order valence-electron chi connectivity index (χ0n) is 26.6. The molecule has 238 valence electrons. The zero-order chi connectivity index (χ0) is 31.8. The molecule has 0 aromatic heterocycles. The molecule has 4 unspecified atom stereocenters. The number of carbonyl (C=O) groups excluding carboxylic acids is 6. The average Bonchev–Trinajstić information content (AvgIpc) is 3.61. The molecule has 11 heteroatoms. The molecule has 4 atom stereocenters. The topological polar surface area (TPSA) is 168 Å². The number of urea groups is 1. The molecular formula is C31H53N5O6. The van der Waals surface area contributed by atoms with Crippen LogP contribution in [0.1, 0.15) is 106 Å². The molecule has 0 spiro atoms. The number of amides is 5. The maximum absolute atomic E-state index is 13.8. The van der Waals surface area contributed by atoms with Crippen molar-refractivity contribution < 1.29 is 28.8 Å². The van der Waals surface area contributed by atoms with Gasteiger partial charge in [0, 0.05) is 12.5 Å². The molecule has 1 heterocycles. The Balaban J connectivity index is 0.00000197. The van der Waals surface area contributed by atoms with Crippen LogP contribution in [0, 0.1) is 23.2 Å². The van der Waals surface area contributed by atoms with Crippen molar-refractivity contribution in [3.05, 3.63) is 0 Å². The van der Waals surface area contributed by atoms with Crippen molar-refractivity contribution in [3.63, 3.8) is 0 Å². The van der Waals surface area contributed by atoms with Crippen molar-refractivity contribution in [1.82, 2.24) is 20.9 Å². The lowest BCUT2D eigenvalue weighted by molar-refractivity contribution is -0.143. The van der Waals surface area contributed by atoms with E-state index >= 15 is 0 Å². The quantitative estimate of drug-likeness (QED) is 0.255. The first-order valence-electron chi connectivity index (χ1n) is 15.7. The van der Waals surface area contributed by atoms with E-state index in [9.17, 15) is 28.8 Å². The number of hydrogen-bond acceptors (Lipinski definition) is 6. The summed E-state index contributed by atoms with van der Waals surface area (Å²) in [6.07, 6.45) is 7.13. The van der Waals surface area contributed by atoms with Crippen LogP contribution in [0.25, 0.3) is 0 Å². The van der Waals surface area contributed by atoms with Crippen LogP contribution in [0.3, 0.4) is 0 Å². The first kappa shape index (κ1) is 35.2. The summed E-state index contributed by atoms with van der Waals surface area (Å²) in [5, 5.41) is 8.22. The molecule has 11 nitrogen and oxygen atoms in total. The number of nitrogens with two attached hydrogens (primary N) is 1. The standard InChI is InChI=1S/C28H45N5O6.C3H8/c1-15(2)20(21(34)17-11-12-17)31-27(39)32-23(28(3,4)5)26(38)33-13-7-10-19(33)25(37)30-18(22(35)24(29)36)14-16-8-6-9-16;1-3-2/h15-20,23H,6-14H2,1-5H3,(H2,29,36)(H,30,37)(H2,31,32,39);3H2,1-2H3. The van der Waals surface area contributed by atoms with Gasteiger partial charge >= 0.3 is 6.03 Å². The summed E-state index contributed by atoms with van der Waals surface area (Å²) in [6.45, 7) is 13.8. The molecule has 3 fully saturated rings. The molecule has 0 radical (unpaired) electrons. The van der Waals surface area contributed by atoms with Crippen LogP contribution in [0.4, 0.5) is 4.79 Å². The summed E-state index contributed by atoms with van der Waals surface area (Å²) in [5.74, 6) is -2.72. The molecule has 5 amide bonds. The van der Waals surface area contributed by atoms with E-state index in [1.54, 1.807) is 0 Å². The minimum Gasteiger partial charge on any atom is -0.363 e. The molecule has 5 N–H and O–H groups in total. The number of nitrogens with zero attached hydrogens (tertiary/aromatic N) is 1. The van der Waals surface area contributed by atoms with Crippen LogP contribution < -0.4 is 21.7 Å². The minimum atomic E-state index is -1.10. The molecule has 0 aromatic rings. The van der Waals surface area contributed by atoms with Crippen LogP contribution in [0.15, 0.2) is 0 Å². The summed E-state index contributed by atoms with van der Waals surface area (Å²) in [6, 6.07) is -4.07. The van der Waals surface area contributed by atoms with Crippen molar-refractivity contribution in [2.75, 3.05) is 6.54 Å². The molecule has 1 aliphatic heterocycles. The first-order chi connectivity index (χ1) is 19.6. The van der Waals surface area contributed by atoms with E-state index < -0.39 is 59.1 Å². The summed E-state index contributed by atoms with van der Waals surface area (Å²) >= 11 is 0. The SMILES string of the molecule is CC(C)C(NC(=O)NC(C(=O)N1CCCC1C(=O)NC(CC1CCC1)C(=O)C(N)=O)C(C)(C)C)C(=O)C1CC1.CCC. The number of ketones is 2. The van der Waals surface area contributed by atoms with Gasteiger partial charge in [0.15, 0.2) is 5.78 Å². The molecule has 1 saturated heterocycles. The van der Waals surface area contributed by atoms with E-state index in [2.05, 4.69) is 29.8 Å². The van der Waals surface area contributed by atoms with Crippen LogP contribution in [-0.2, 0) is 24.0 Å². The maximum atomic E-state index is 13.8. The van der Waals surface area contributed by atoms with Gasteiger partial charge in [-0.1, -0.05) is 74.1 Å². The van der Waals surface area contributed by atoms with Crippen molar-refractivity contribution in [1.29, 1.82) is 0 Å². The van der Waals surface area contributed by atoms with Crippen LogP contribution >= 0.6 is 0 Å². The van der Waals surface area contributed by atoms with Gasteiger partial charge in [-0.15, -0.1) is 0 Å². The van der Waals surface area contributed by atoms with Gasteiger partial charge in [0.25, 0.3) is 5.91 Å². The lowest BCUT2D eigenvalue weighted by atomic mass is 9.80. The second-order valence-corrected chi connectivity index (χ2v) is 13.5. The Labute approximate surface area is 250 Å². The summed E-state index contributed by atoms with van der Waals surface area (Å²) in [7, 11) is 0. The number of nitrogens with one attached hydrogen (secondary N) is 3. The smallest absolute Gasteiger partial charge is 0.316 e. The highest BCUT2D eigenvalue weighted by molar-refractivity contribution is 6.37. The van der Waals surface area contributed by atoms with Gasteiger partial charge in [-0.05, 0) is 49.4 Å². The fraction of sp³-hybridized carbons (Fsp3) is 0.806. The van der Waals surface area contributed by atoms with Gasteiger partial charge < -0.3 is 26.6 Å². The Hall–Kier alpha value is -2.98. The maximum Gasteiger partial charge on any atom is 0.316 e. The van der Waals surface area contributed by atoms with Crippen LogP contribution in [0.2, 0.25) is 0 Å². The average molecular weight is 592 g/mol. The molecule has 2 aliphatic carbocycles. The molecule has 42 heavy (non-hydrogen) atoms. The lowest BCUT2D eigenvalue weighted by Gasteiger charge is -2.36. The zero-order valence-corrected chi connectivity index (χ0v) is 26.6. The number of Topliss-reactive ketones (excluding diaryl/α,β-unsaturated/α-hetero) is 2. The van der Waals surface area contributed by atoms with Crippen molar-refractivity contribution >= 4 is 35.3 Å².